The monoisotopic (exact) mass is 181 g/mol. The largest absolute Gasteiger partial charge is 0.481 e. The van der Waals surface area contributed by atoms with Crippen molar-refractivity contribution in [2.45, 2.75) is 25.8 Å². The molecule has 0 radical (unpaired) electrons. The summed E-state index contributed by atoms with van der Waals surface area (Å²) in [5.41, 5.74) is 0. The van der Waals surface area contributed by atoms with Crippen LogP contribution in [0, 0.1) is 0 Å². The van der Waals surface area contributed by atoms with E-state index in [-0.39, 0.29) is 12.4 Å². The molecule has 11 heavy (non-hydrogen) atoms. The first-order valence-electron chi connectivity index (χ1n) is 3.40. The average molecular weight is 182 g/mol. The van der Waals surface area contributed by atoms with Crippen LogP contribution in [0.15, 0.2) is 0 Å². The van der Waals surface area contributed by atoms with Crippen LogP contribution in [0.2, 0.25) is 0 Å². The van der Waals surface area contributed by atoms with Crippen molar-refractivity contribution in [2.75, 3.05) is 14.1 Å². The Bertz CT molecular complexity index is 109. The molecule has 1 aliphatic carbocycles. The second-order valence-corrected chi connectivity index (χ2v) is 2.71. The molecule has 0 unspecified atom stereocenters. The highest BCUT2D eigenvalue weighted by atomic mass is 35.5. The molecule has 0 amide bonds. The lowest BCUT2D eigenvalue weighted by atomic mass is 10.6. The number of carboxylic acids is 1. The highest BCUT2D eigenvalue weighted by Gasteiger charge is 2.22. The van der Waals surface area contributed by atoms with Gasteiger partial charge in [0.05, 0.1) is 0 Å². The Morgan fingerprint density at radius 1 is 1.45 bits per heavy atom. The lowest BCUT2D eigenvalue weighted by molar-refractivity contribution is -0.134. The standard InChI is InChI=1S/C5H11N.C2H4O2.ClH/c1-6(2)5-3-4-5;1-2(3)4;/h5H,3-4H2,1-2H3;1H3,(H,3,4);1H. The zero-order valence-corrected chi connectivity index (χ0v) is 8.02. The summed E-state index contributed by atoms with van der Waals surface area (Å²) < 4.78 is 0. The van der Waals surface area contributed by atoms with E-state index in [0.717, 1.165) is 13.0 Å². The van der Waals surface area contributed by atoms with Crippen LogP contribution in [-0.4, -0.2) is 36.1 Å². The van der Waals surface area contributed by atoms with Gasteiger partial charge in [-0.05, 0) is 26.9 Å². The Labute approximate surface area is 73.8 Å². The Morgan fingerprint density at radius 3 is 1.73 bits per heavy atom. The van der Waals surface area contributed by atoms with Crippen LogP contribution in [0.1, 0.15) is 19.8 Å². The SMILES string of the molecule is CC(=O)O.CN(C)C1CC1.Cl. The highest BCUT2D eigenvalue weighted by molar-refractivity contribution is 5.85. The van der Waals surface area contributed by atoms with Crippen LogP contribution in [0.5, 0.6) is 0 Å². The number of nitrogens with zero attached hydrogens (tertiary/aromatic N) is 1. The number of rotatable bonds is 1. The molecule has 4 heteroatoms. The van der Waals surface area contributed by atoms with E-state index in [4.69, 9.17) is 9.90 Å². The molecule has 0 aromatic rings. The van der Waals surface area contributed by atoms with E-state index in [2.05, 4.69) is 19.0 Å². The first kappa shape index (κ1) is 13.3. The summed E-state index contributed by atoms with van der Waals surface area (Å²) in [6.07, 6.45) is 2.85. The van der Waals surface area contributed by atoms with Gasteiger partial charge in [0.25, 0.3) is 5.97 Å². The van der Waals surface area contributed by atoms with Gasteiger partial charge in [-0.25, -0.2) is 0 Å². The van der Waals surface area contributed by atoms with E-state index in [1.807, 2.05) is 0 Å². The predicted molar refractivity (Wildman–Crippen MR) is 47.3 cm³/mol. The Kier molecular flexibility index (Phi) is 7.79. The quantitative estimate of drug-likeness (QED) is 0.662. The molecule has 0 spiro atoms. The van der Waals surface area contributed by atoms with E-state index >= 15 is 0 Å². The van der Waals surface area contributed by atoms with Crippen molar-refractivity contribution < 1.29 is 9.90 Å². The van der Waals surface area contributed by atoms with Gasteiger partial charge in [0, 0.05) is 13.0 Å². The van der Waals surface area contributed by atoms with Crippen molar-refractivity contribution in [3.63, 3.8) is 0 Å². The number of carboxylic acid groups (broad SMARTS) is 1. The fourth-order valence-corrected chi connectivity index (χ4v) is 0.591. The summed E-state index contributed by atoms with van der Waals surface area (Å²) in [7, 11) is 4.27. The molecule has 1 saturated carbocycles. The summed E-state index contributed by atoms with van der Waals surface area (Å²) in [6, 6.07) is 0.935. The molecule has 3 nitrogen and oxygen atoms in total. The van der Waals surface area contributed by atoms with Crippen LogP contribution in [0.4, 0.5) is 0 Å². The number of hydrogen-bond donors (Lipinski definition) is 1. The summed E-state index contributed by atoms with van der Waals surface area (Å²) in [5, 5.41) is 7.42. The lowest BCUT2D eigenvalue weighted by Gasteiger charge is -2.03. The van der Waals surface area contributed by atoms with Gasteiger partial charge >= 0.3 is 0 Å². The summed E-state index contributed by atoms with van der Waals surface area (Å²) in [6.45, 7) is 1.08. The third-order valence-electron chi connectivity index (χ3n) is 1.28. The molecule has 1 N–H and O–H groups in total. The minimum Gasteiger partial charge on any atom is -0.481 e. The Balaban J connectivity index is 0. The molecule has 1 aliphatic rings. The average Bonchev–Trinajstić information content (AvgIpc) is 2.38. The van der Waals surface area contributed by atoms with Gasteiger partial charge in [-0.1, -0.05) is 0 Å². The lowest BCUT2D eigenvalue weighted by Crippen LogP contribution is -2.12. The van der Waals surface area contributed by atoms with Crippen LogP contribution in [0.25, 0.3) is 0 Å². The molecule has 1 rings (SSSR count). The van der Waals surface area contributed by atoms with E-state index in [9.17, 15) is 0 Å². The summed E-state index contributed by atoms with van der Waals surface area (Å²) >= 11 is 0. The van der Waals surface area contributed by atoms with Crippen molar-refractivity contribution in [1.29, 1.82) is 0 Å². The molecular weight excluding hydrogens is 166 g/mol. The van der Waals surface area contributed by atoms with Gasteiger partial charge in [0.2, 0.25) is 0 Å². The zero-order chi connectivity index (χ0) is 8.15. The van der Waals surface area contributed by atoms with E-state index < -0.39 is 5.97 Å². The van der Waals surface area contributed by atoms with Gasteiger partial charge in [-0.3, -0.25) is 4.79 Å². The molecule has 0 bridgehead atoms. The van der Waals surface area contributed by atoms with Gasteiger partial charge in [-0.2, -0.15) is 0 Å². The van der Waals surface area contributed by atoms with Crippen molar-refractivity contribution >= 4 is 18.4 Å². The molecule has 0 aromatic carbocycles. The minimum atomic E-state index is -0.833. The van der Waals surface area contributed by atoms with Crippen LogP contribution >= 0.6 is 12.4 Å². The molecule has 68 valence electrons. The van der Waals surface area contributed by atoms with E-state index in [1.54, 1.807) is 0 Å². The van der Waals surface area contributed by atoms with Crippen LogP contribution in [-0.2, 0) is 4.79 Å². The highest BCUT2D eigenvalue weighted by Crippen LogP contribution is 2.23. The molecule has 0 aromatic heterocycles. The topological polar surface area (TPSA) is 40.5 Å². The van der Waals surface area contributed by atoms with Gasteiger partial charge in [0.15, 0.2) is 0 Å². The second kappa shape index (κ2) is 6.43. The third kappa shape index (κ3) is 12.8. The third-order valence-corrected chi connectivity index (χ3v) is 1.28. The molecular formula is C7H16ClNO2. The van der Waals surface area contributed by atoms with Crippen molar-refractivity contribution in [2.24, 2.45) is 0 Å². The van der Waals surface area contributed by atoms with Crippen molar-refractivity contribution in [1.82, 2.24) is 4.90 Å². The zero-order valence-electron chi connectivity index (χ0n) is 7.20. The minimum absolute atomic E-state index is 0. The van der Waals surface area contributed by atoms with Crippen molar-refractivity contribution in [3.05, 3.63) is 0 Å². The maximum absolute atomic E-state index is 9.00. The predicted octanol–water partition coefficient (Wildman–Crippen LogP) is 1.22. The second-order valence-electron chi connectivity index (χ2n) is 2.71. The van der Waals surface area contributed by atoms with Crippen molar-refractivity contribution in [3.8, 4) is 0 Å². The molecule has 1 fully saturated rings. The fourth-order valence-electron chi connectivity index (χ4n) is 0.591. The molecule has 0 atom stereocenters. The normalized spacial score (nSPS) is 14.5. The fraction of sp³-hybridized carbons (Fsp3) is 0.857. The molecule has 0 heterocycles. The number of carbonyl (C=O) groups is 1. The van der Waals surface area contributed by atoms with Gasteiger partial charge in [0.1, 0.15) is 0 Å². The molecule has 0 aliphatic heterocycles. The summed E-state index contributed by atoms with van der Waals surface area (Å²) in [5.74, 6) is -0.833. The van der Waals surface area contributed by atoms with Crippen LogP contribution < -0.4 is 0 Å². The smallest absolute Gasteiger partial charge is 0.300 e. The summed E-state index contributed by atoms with van der Waals surface area (Å²) in [4.78, 5) is 11.3. The first-order chi connectivity index (χ1) is 4.54. The number of halogens is 1. The van der Waals surface area contributed by atoms with Gasteiger partial charge in [-0.15, -0.1) is 12.4 Å². The Hall–Kier alpha value is -0.280. The van der Waals surface area contributed by atoms with Gasteiger partial charge < -0.3 is 10.0 Å². The van der Waals surface area contributed by atoms with E-state index in [0.29, 0.717) is 0 Å². The number of hydrogen-bond acceptors (Lipinski definition) is 2. The van der Waals surface area contributed by atoms with E-state index in [1.165, 1.54) is 12.8 Å². The Morgan fingerprint density at radius 2 is 1.73 bits per heavy atom. The van der Waals surface area contributed by atoms with Crippen LogP contribution in [0.3, 0.4) is 0 Å². The maximum Gasteiger partial charge on any atom is 0.300 e. The molecule has 0 saturated heterocycles. The number of aliphatic carboxylic acids is 1. The first-order valence-corrected chi connectivity index (χ1v) is 3.40. The maximum atomic E-state index is 9.00.